The second kappa shape index (κ2) is 13.9. The summed E-state index contributed by atoms with van der Waals surface area (Å²) >= 11 is 0. The van der Waals surface area contributed by atoms with Gasteiger partial charge in [0.05, 0.1) is 50.8 Å². The number of epoxide rings is 1. The maximum Gasteiger partial charge on any atom is 0.342 e. The lowest BCUT2D eigenvalue weighted by Crippen LogP contribution is -2.68. The number of esters is 2. The van der Waals surface area contributed by atoms with E-state index in [9.17, 15) is 19.8 Å². The van der Waals surface area contributed by atoms with Crippen LogP contribution in [0.5, 0.6) is 0 Å². The van der Waals surface area contributed by atoms with Gasteiger partial charge in [-0.25, -0.2) is 24.5 Å². The highest BCUT2D eigenvalue weighted by Crippen LogP contribution is 2.67. The zero-order chi connectivity index (χ0) is 36.0. The number of nitrogen functional groups attached to an aromatic ring is 1. The van der Waals surface area contributed by atoms with Gasteiger partial charge in [-0.1, -0.05) is 19.9 Å². The number of pyridine rings is 1. The lowest BCUT2D eigenvalue weighted by atomic mass is 9.43. The first kappa shape index (κ1) is 35.5. The van der Waals surface area contributed by atoms with Crippen LogP contribution in [-0.4, -0.2) is 112 Å². The number of anilines is 2. The van der Waals surface area contributed by atoms with Crippen molar-refractivity contribution in [2.75, 3.05) is 57.2 Å². The number of hydrogen-bond acceptors (Lipinski definition) is 14. The number of morpholine rings is 1. The molecule has 5 unspecified atom stereocenters. The average Bonchev–Trinajstić information content (AvgIpc) is 3.83. The Labute approximate surface area is 297 Å². The van der Waals surface area contributed by atoms with Crippen LogP contribution in [0, 0.1) is 22.7 Å². The van der Waals surface area contributed by atoms with Crippen molar-refractivity contribution in [1.29, 1.82) is 0 Å². The molecule has 0 bridgehead atoms. The van der Waals surface area contributed by atoms with Gasteiger partial charge in [-0.15, -0.1) is 0 Å². The molecule has 5 aliphatic rings. The molecule has 14 heteroatoms. The van der Waals surface area contributed by atoms with Crippen molar-refractivity contribution < 1.29 is 38.7 Å². The van der Waals surface area contributed by atoms with E-state index in [4.69, 9.17) is 24.7 Å². The third kappa shape index (κ3) is 6.30. The first-order chi connectivity index (χ1) is 24.5. The van der Waals surface area contributed by atoms with Crippen molar-refractivity contribution in [3.63, 3.8) is 0 Å². The van der Waals surface area contributed by atoms with E-state index in [1.165, 1.54) is 12.4 Å². The number of allylic oxidation sites excluding steroid dienone is 1. The van der Waals surface area contributed by atoms with Crippen LogP contribution in [0.25, 0.3) is 5.57 Å². The Morgan fingerprint density at radius 2 is 1.94 bits per heavy atom. The third-order valence-corrected chi connectivity index (χ3v) is 12.3. The average molecular weight is 705 g/mol. The number of carbonyl (C=O) groups is 2. The topological polar surface area (TPSA) is 195 Å². The Hall–Kier alpha value is -3.95. The number of rotatable bonds is 10. The van der Waals surface area contributed by atoms with Crippen LogP contribution in [-0.2, 0) is 28.5 Å². The lowest BCUT2D eigenvalue weighted by molar-refractivity contribution is -0.197. The molecule has 2 saturated carbocycles. The van der Waals surface area contributed by atoms with E-state index in [1.807, 2.05) is 25.1 Å². The summed E-state index contributed by atoms with van der Waals surface area (Å²) in [4.78, 5) is 42.3. The smallest absolute Gasteiger partial charge is 0.342 e. The first-order valence-corrected chi connectivity index (χ1v) is 17.9. The largest absolute Gasteiger partial charge is 0.462 e. The Morgan fingerprint density at radius 3 is 2.59 bits per heavy atom. The zero-order valence-corrected chi connectivity index (χ0v) is 29.4. The minimum Gasteiger partial charge on any atom is -0.462 e. The fourth-order valence-corrected chi connectivity index (χ4v) is 9.53. The summed E-state index contributed by atoms with van der Waals surface area (Å²) in [6.45, 7) is 9.27. The zero-order valence-electron chi connectivity index (χ0n) is 29.4. The number of ether oxygens (including phenoxy) is 4. The van der Waals surface area contributed by atoms with Crippen LogP contribution in [0.3, 0.4) is 0 Å². The molecule has 0 amide bonds. The Morgan fingerprint density at radius 1 is 1.20 bits per heavy atom. The summed E-state index contributed by atoms with van der Waals surface area (Å²) in [6.07, 6.45) is 7.90. The number of fused-ring (bicyclic) bond motifs is 1. The number of aliphatic hydroxyl groups is 2. The molecular formula is C37H48N6O8. The molecule has 2 saturated heterocycles. The molecule has 5 heterocycles. The molecule has 2 aliphatic carbocycles. The van der Waals surface area contributed by atoms with Crippen molar-refractivity contribution in [2.24, 2.45) is 22.7 Å². The first-order valence-electron chi connectivity index (χ1n) is 17.9. The van der Waals surface area contributed by atoms with Gasteiger partial charge >= 0.3 is 11.9 Å². The van der Waals surface area contributed by atoms with E-state index in [0.717, 1.165) is 25.9 Å². The summed E-state index contributed by atoms with van der Waals surface area (Å²) < 4.78 is 23.6. The van der Waals surface area contributed by atoms with E-state index in [1.54, 1.807) is 19.2 Å². The molecule has 2 aromatic rings. The molecule has 51 heavy (non-hydrogen) atoms. The molecule has 8 atom stereocenters. The van der Waals surface area contributed by atoms with Crippen LogP contribution in [0.4, 0.5) is 11.8 Å². The van der Waals surface area contributed by atoms with Gasteiger partial charge in [-0.3, -0.25) is 4.90 Å². The minimum atomic E-state index is -0.729. The van der Waals surface area contributed by atoms with E-state index in [-0.39, 0.29) is 53.8 Å². The van der Waals surface area contributed by atoms with Gasteiger partial charge in [0.15, 0.2) is 0 Å². The molecule has 274 valence electrons. The summed E-state index contributed by atoms with van der Waals surface area (Å²) in [6, 6.07) is 4.94. The van der Waals surface area contributed by atoms with Gasteiger partial charge in [0.2, 0.25) is 5.95 Å². The fourth-order valence-electron chi connectivity index (χ4n) is 9.53. The van der Waals surface area contributed by atoms with E-state index in [0.29, 0.717) is 49.6 Å². The van der Waals surface area contributed by atoms with E-state index in [2.05, 4.69) is 32.1 Å². The van der Waals surface area contributed by atoms with E-state index >= 15 is 0 Å². The molecule has 7 rings (SSSR count). The van der Waals surface area contributed by atoms with Gasteiger partial charge < -0.3 is 40.2 Å². The highest BCUT2D eigenvalue weighted by molar-refractivity contribution is 6.18. The summed E-state index contributed by atoms with van der Waals surface area (Å²) in [5, 5.41) is 25.8. The molecule has 4 fully saturated rings. The highest BCUT2D eigenvalue weighted by Gasteiger charge is 2.71. The lowest BCUT2D eigenvalue weighted by Gasteiger charge is -2.64. The predicted molar refractivity (Wildman–Crippen MR) is 185 cm³/mol. The SMILES string of the molecule is CCOC(=O)C(=C1C=C(C(CC2C3(CO3)C(N3CCOCC3)CC3[C@]2(C)CC[C@@H](O)[C@@]3(C)CO)Nc2ccccn2)C(=O)O1)c1cnc(N)nc1. The summed E-state index contributed by atoms with van der Waals surface area (Å²) in [5.41, 5.74) is 4.75. The number of aromatic nitrogens is 3. The standard InChI is InChI=1S/C37H48N6O8/c1-4-49-33(47)31(22-18-40-34(38)41-19-22)25-15-23(32(46)51-25)24(42-30-7-5-6-10-39-30)16-27-35(2)9-8-29(45)36(3,20-44)26(35)17-28(37(27)21-50-37)43-11-13-48-14-12-43/h5-7,10,15,18-19,24,26-29,44-45H,4,8-9,11-14,16-17,20-21H2,1-3H3,(H,39,42)(H2,38,40,41)/t24?,26?,27?,28?,29-,35+,36+,37?/m1/s1. The minimum absolute atomic E-state index is 0.0100. The van der Waals surface area contributed by atoms with Crippen molar-refractivity contribution in [1.82, 2.24) is 19.9 Å². The molecule has 0 radical (unpaired) electrons. The number of aliphatic hydroxyl groups excluding tert-OH is 2. The van der Waals surface area contributed by atoms with Crippen molar-refractivity contribution >= 4 is 29.3 Å². The number of nitrogens with two attached hydrogens (primary N) is 1. The number of hydrogen-bond donors (Lipinski definition) is 4. The molecule has 5 N–H and O–H groups in total. The maximum atomic E-state index is 14.0. The van der Waals surface area contributed by atoms with Crippen LogP contribution in [0.2, 0.25) is 0 Å². The third-order valence-electron chi connectivity index (χ3n) is 12.3. The van der Waals surface area contributed by atoms with Crippen LogP contribution in [0.1, 0.15) is 52.0 Å². The summed E-state index contributed by atoms with van der Waals surface area (Å²) in [7, 11) is 0. The Balaban J connectivity index is 1.34. The molecule has 3 aliphatic heterocycles. The van der Waals surface area contributed by atoms with Gasteiger partial charge in [0.1, 0.15) is 22.8 Å². The van der Waals surface area contributed by atoms with E-state index < -0.39 is 35.1 Å². The Kier molecular flexibility index (Phi) is 9.65. The second-order valence-electron chi connectivity index (χ2n) is 14.9. The number of nitrogens with one attached hydrogen (secondary N) is 1. The molecular weight excluding hydrogens is 656 g/mol. The molecule has 2 aromatic heterocycles. The predicted octanol–water partition coefficient (Wildman–Crippen LogP) is 2.35. The quantitative estimate of drug-likeness (QED) is 0.160. The van der Waals surface area contributed by atoms with Crippen molar-refractivity contribution in [3.05, 3.63) is 59.8 Å². The summed E-state index contributed by atoms with van der Waals surface area (Å²) in [5.74, 6) is -0.812. The van der Waals surface area contributed by atoms with Gasteiger partial charge in [0, 0.05) is 48.7 Å². The van der Waals surface area contributed by atoms with Gasteiger partial charge in [0.25, 0.3) is 0 Å². The van der Waals surface area contributed by atoms with Crippen LogP contribution in [0.15, 0.2) is 54.2 Å². The highest BCUT2D eigenvalue weighted by atomic mass is 16.6. The molecule has 14 nitrogen and oxygen atoms in total. The van der Waals surface area contributed by atoms with Crippen molar-refractivity contribution in [3.8, 4) is 0 Å². The normalized spacial score (nSPS) is 35.0. The number of cyclic esters (lactones) is 1. The molecule has 0 aromatic carbocycles. The fraction of sp³-hybridized carbons (Fsp3) is 0.595. The number of nitrogens with zero attached hydrogens (tertiary/aromatic N) is 4. The maximum absolute atomic E-state index is 14.0. The number of carbonyl (C=O) groups excluding carboxylic acids is 2. The van der Waals surface area contributed by atoms with Crippen LogP contribution < -0.4 is 11.1 Å². The molecule has 1 spiro atoms. The van der Waals surface area contributed by atoms with Crippen molar-refractivity contribution in [2.45, 2.75) is 70.2 Å². The van der Waals surface area contributed by atoms with Crippen LogP contribution >= 0.6 is 0 Å². The van der Waals surface area contributed by atoms with Gasteiger partial charge in [-0.05, 0) is 68.1 Å². The second-order valence-corrected chi connectivity index (χ2v) is 14.9. The monoisotopic (exact) mass is 704 g/mol. The Bertz CT molecular complexity index is 1680. The van der Waals surface area contributed by atoms with Gasteiger partial charge in [-0.2, -0.15) is 0 Å².